The average molecular weight is 246 g/mol. The molecular weight excluding hydrogens is 232 g/mol. The van der Waals surface area contributed by atoms with E-state index in [2.05, 4.69) is 23.8 Å². The Labute approximate surface area is 104 Å². The SMILES string of the molecule is CC(C)c1nc(-c2ccncc2)sc1C(=N)N. The number of pyridine rings is 1. The molecule has 0 spiro atoms. The van der Waals surface area contributed by atoms with Crippen molar-refractivity contribution in [1.29, 1.82) is 5.41 Å². The maximum atomic E-state index is 7.58. The third-order valence-electron chi connectivity index (χ3n) is 2.37. The summed E-state index contributed by atoms with van der Waals surface area (Å²) in [4.78, 5) is 9.32. The highest BCUT2D eigenvalue weighted by Crippen LogP contribution is 2.31. The van der Waals surface area contributed by atoms with Gasteiger partial charge in [0.25, 0.3) is 0 Å². The predicted molar refractivity (Wildman–Crippen MR) is 70.5 cm³/mol. The number of nitrogens with two attached hydrogens (primary N) is 1. The van der Waals surface area contributed by atoms with E-state index in [-0.39, 0.29) is 11.8 Å². The van der Waals surface area contributed by atoms with Crippen LogP contribution in [0.2, 0.25) is 0 Å². The van der Waals surface area contributed by atoms with Crippen LogP contribution in [-0.4, -0.2) is 15.8 Å². The third kappa shape index (κ3) is 2.34. The van der Waals surface area contributed by atoms with Crippen molar-refractivity contribution in [3.05, 3.63) is 35.1 Å². The van der Waals surface area contributed by atoms with Gasteiger partial charge in [-0.3, -0.25) is 10.4 Å². The second-order valence-electron chi connectivity index (χ2n) is 4.04. The monoisotopic (exact) mass is 246 g/mol. The van der Waals surface area contributed by atoms with Crippen molar-refractivity contribution in [2.45, 2.75) is 19.8 Å². The zero-order valence-corrected chi connectivity index (χ0v) is 10.6. The summed E-state index contributed by atoms with van der Waals surface area (Å²) in [5.74, 6) is 0.354. The molecule has 2 heterocycles. The summed E-state index contributed by atoms with van der Waals surface area (Å²) in [5.41, 5.74) is 7.50. The topological polar surface area (TPSA) is 75.7 Å². The van der Waals surface area contributed by atoms with Crippen molar-refractivity contribution in [2.75, 3.05) is 0 Å². The van der Waals surface area contributed by atoms with Crippen LogP contribution >= 0.6 is 11.3 Å². The quantitative estimate of drug-likeness (QED) is 0.645. The van der Waals surface area contributed by atoms with Crippen LogP contribution in [0.1, 0.15) is 30.3 Å². The highest BCUT2D eigenvalue weighted by atomic mass is 32.1. The van der Waals surface area contributed by atoms with Crippen LogP contribution < -0.4 is 5.73 Å². The summed E-state index contributed by atoms with van der Waals surface area (Å²) < 4.78 is 0. The number of aromatic nitrogens is 2. The van der Waals surface area contributed by atoms with Crippen molar-refractivity contribution in [1.82, 2.24) is 9.97 Å². The van der Waals surface area contributed by atoms with Crippen LogP contribution in [0, 0.1) is 5.41 Å². The van der Waals surface area contributed by atoms with Gasteiger partial charge in [0.2, 0.25) is 0 Å². The van der Waals surface area contributed by atoms with E-state index in [1.54, 1.807) is 12.4 Å². The highest BCUT2D eigenvalue weighted by Gasteiger charge is 2.16. The van der Waals surface area contributed by atoms with E-state index in [9.17, 15) is 0 Å². The maximum Gasteiger partial charge on any atom is 0.135 e. The molecule has 4 nitrogen and oxygen atoms in total. The summed E-state index contributed by atoms with van der Waals surface area (Å²) in [6.45, 7) is 4.11. The number of hydrogen-bond acceptors (Lipinski definition) is 4. The van der Waals surface area contributed by atoms with Gasteiger partial charge in [-0.2, -0.15) is 0 Å². The van der Waals surface area contributed by atoms with Crippen molar-refractivity contribution >= 4 is 17.2 Å². The first kappa shape index (κ1) is 11.7. The number of rotatable bonds is 3. The molecule has 3 N–H and O–H groups in total. The molecule has 0 aliphatic carbocycles. The molecule has 88 valence electrons. The minimum atomic E-state index is 0.0894. The van der Waals surface area contributed by atoms with Crippen molar-refractivity contribution in [3.8, 4) is 10.6 Å². The lowest BCUT2D eigenvalue weighted by Crippen LogP contribution is -2.12. The van der Waals surface area contributed by atoms with Crippen molar-refractivity contribution in [2.24, 2.45) is 5.73 Å². The minimum absolute atomic E-state index is 0.0894. The second-order valence-corrected chi connectivity index (χ2v) is 5.04. The Morgan fingerprint density at radius 2 is 2.00 bits per heavy atom. The van der Waals surface area contributed by atoms with E-state index in [0.29, 0.717) is 0 Å². The molecule has 0 atom stereocenters. The molecule has 0 aliphatic heterocycles. The number of thiazole rings is 1. The molecule has 2 aromatic rings. The van der Waals surface area contributed by atoms with Gasteiger partial charge in [-0.05, 0) is 18.1 Å². The number of nitrogen functional groups attached to an aromatic ring is 1. The van der Waals surface area contributed by atoms with Gasteiger partial charge in [-0.25, -0.2) is 4.98 Å². The van der Waals surface area contributed by atoms with Gasteiger partial charge in [0.1, 0.15) is 10.8 Å². The fraction of sp³-hybridized carbons (Fsp3) is 0.250. The van der Waals surface area contributed by atoms with Gasteiger partial charge in [0.05, 0.1) is 10.6 Å². The number of nitrogens with one attached hydrogen (secondary N) is 1. The minimum Gasteiger partial charge on any atom is -0.383 e. The Balaban J connectivity index is 2.51. The van der Waals surface area contributed by atoms with Crippen LogP contribution in [0.15, 0.2) is 24.5 Å². The van der Waals surface area contributed by atoms with Gasteiger partial charge in [-0.1, -0.05) is 13.8 Å². The Kier molecular flexibility index (Phi) is 3.19. The molecule has 0 radical (unpaired) electrons. The fourth-order valence-electron chi connectivity index (χ4n) is 1.53. The molecule has 0 saturated heterocycles. The molecule has 0 aliphatic rings. The van der Waals surface area contributed by atoms with Gasteiger partial charge < -0.3 is 5.73 Å². The van der Waals surface area contributed by atoms with E-state index in [1.165, 1.54) is 11.3 Å². The smallest absolute Gasteiger partial charge is 0.135 e. The van der Waals surface area contributed by atoms with E-state index >= 15 is 0 Å². The molecule has 2 rings (SSSR count). The van der Waals surface area contributed by atoms with E-state index in [0.717, 1.165) is 21.1 Å². The van der Waals surface area contributed by atoms with E-state index < -0.39 is 0 Å². The second kappa shape index (κ2) is 4.63. The molecule has 0 bridgehead atoms. The van der Waals surface area contributed by atoms with Crippen LogP contribution in [-0.2, 0) is 0 Å². The molecule has 0 aromatic carbocycles. The predicted octanol–water partition coefficient (Wildman–Crippen LogP) is 2.61. The summed E-state index contributed by atoms with van der Waals surface area (Å²) >= 11 is 1.46. The molecule has 2 aromatic heterocycles. The van der Waals surface area contributed by atoms with E-state index in [4.69, 9.17) is 11.1 Å². The fourth-order valence-corrected chi connectivity index (χ4v) is 2.62. The normalized spacial score (nSPS) is 10.8. The molecule has 17 heavy (non-hydrogen) atoms. The summed E-state index contributed by atoms with van der Waals surface area (Å²) in [6, 6.07) is 3.82. The molecule has 0 saturated carbocycles. The summed E-state index contributed by atoms with van der Waals surface area (Å²) in [6.07, 6.45) is 3.47. The largest absolute Gasteiger partial charge is 0.383 e. The first-order valence-electron chi connectivity index (χ1n) is 5.35. The number of amidine groups is 1. The van der Waals surface area contributed by atoms with Gasteiger partial charge in [0.15, 0.2) is 0 Å². The molecule has 0 fully saturated rings. The Morgan fingerprint density at radius 3 is 2.47 bits per heavy atom. The number of hydrogen-bond donors (Lipinski definition) is 2. The first-order valence-corrected chi connectivity index (χ1v) is 6.16. The summed E-state index contributed by atoms with van der Waals surface area (Å²) in [7, 11) is 0. The average Bonchev–Trinajstić information content (AvgIpc) is 2.75. The Bertz CT molecular complexity index is 531. The molecule has 0 unspecified atom stereocenters. The van der Waals surface area contributed by atoms with Crippen LogP contribution in [0.5, 0.6) is 0 Å². The highest BCUT2D eigenvalue weighted by molar-refractivity contribution is 7.17. The van der Waals surface area contributed by atoms with E-state index in [1.807, 2.05) is 12.1 Å². The molecular formula is C12H14N4S. The summed E-state index contributed by atoms with van der Waals surface area (Å²) in [5, 5.41) is 8.47. The van der Waals surface area contributed by atoms with Gasteiger partial charge in [0, 0.05) is 18.0 Å². The first-order chi connectivity index (χ1) is 8.09. The van der Waals surface area contributed by atoms with Gasteiger partial charge in [-0.15, -0.1) is 11.3 Å². The van der Waals surface area contributed by atoms with Crippen LogP contribution in [0.25, 0.3) is 10.6 Å². The zero-order chi connectivity index (χ0) is 12.4. The van der Waals surface area contributed by atoms with Crippen molar-refractivity contribution in [3.63, 3.8) is 0 Å². The van der Waals surface area contributed by atoms with Crippen LogP contribution in [0.3, 0.4) is 0 Å². The molecule has 0 amide bonds. The molecule has 5 heteroatoms. The van der Waals surface area contributed by atoms with Crippen LogP contribution in [0.4, 0.5) is 0 Å². The zero-order valence-electron chi connectivity index (χ0n) is 9.77. The van der Waals surface area contributed by atoms with Gasteiger partial charge >= 0.3 is 0 Å². The lowest BCUT2D eigenvalue weighted by molar-refractivity contribution is 0.831. The third-order valence-corrected chi connectivity index (χ3v) is 3.53. The maximum absolute atomic E-state index is 7.58. The lowest BCUT2D eigenvalue weighted by atomic mass is 10.1. The Hall–Kier alpha value is -1.75. The van der Waals surface area contributed by atoms with Crippen molar-refractivity contribution < 1.29 is 0 Å². The Morgan fingerprint density at radius 1 is 1.35 bits per heavy atom. The standard InChI is InChI=1S/C12H14N4S/c1-7(2)9-10(11(13)14)17-12(16-9)8-3-5-15-6-4-8/h3-7H,1-2H3,(H3,13,14). The number of nitrogens with zero attached hydrogens (tertiary/aromatic N) is 2. The lowest BCUT2D eigenvalue weighted by Gasteiger charge is -2.02.